The van der Waals surface area contributed by atoms with Crippen LogP contribution in [0.2, 0.25) is 0 Å². The van der Waals surface area contributed by atoms with Crippen LogP contribution in [0.1, 0.15) is 25.3 Å². The molecule has 0 radical (unpaired) electrons. The van der Waals surface area contributed by atoms with Gasteiger partial charge in [-0.1, -0.05) is 6.92 Å². The molecule has 0 amide bonds. The molecule has 0 spiro atoms. The minimum atomic E-state index is -0.364. The van der Waals surface area contributed by atoms with Gasteiger partial charge < -0.3 is 10.4 Å². The third-order valence-corrected chi connectivity index (χ3v) is 3.74. The van der Waals surface area contributed by atoms with Crippen molar-refractivity contribution in [2.24, 2.45) is 5.92 Å². The van der Waals surface area contributed by atoms with Crippen LogP contribution in [-0.2, 0) is 6.54 Å². The van der Waals surface area contributed by atoms with Crippen molar-refractivity contribution < 1.29 is 9.50 Å². The molecule has 0 aromatic heterocycles. The zero-order chi connectivity index (χ0) is 13.7. The van der Waals surface area contributed by atoms with Gasteiger partial charge in [0.2, 0.25) is 0 Å². The van der Waals surface area contributed by atoms with E-state index >= 15 is 0 Å². The van der Waals surface area contributed by atoms with Gasteiger partial charge in [-0.05, 0) is 62.6 Å². The van der Waals surface area contributed by atoms with Crippen LogP contribution < -0.4 is 5.32 Å². The molecule has 0 atom stereocenters. The first-order valence-electron chi connectivity index (χ1n) is 7.09. The smallest absolute Gasteiger partial charge is 0.127 e. The number of rotatable bonds is 5. The Balaban J connectivity index is 1.82. The van der Waals surface area contributed by atoms with Gasteiger partial charge in [-0.3, -0.25) is 4.90 Å². The molecule has 1 fully saturated rings. The largest absolute Gasteiger partial charge is 0.508 e. The second-order valence-electron chi connectivity index (χ2n) is 5.34. The van der Waals surface area contributed by atoms with Crippen molar-refractivity contribution in [2.45, 2.75) is 26.3 Å². The third kappa shape index (κ3) is 4.48. The minimum absolute atomic E-state index is 0.0111. The number of hydrogen-bond acceptors (Lipinski definition) is 3. The van der Waals surface area contributed by atoms with Crippen molar-refractivity contribution in [1.29, 1.82) is 0 Å². The van der Waals surface area contributed by atoms with E-state index in [9.17, 15) is 9.50 Å². The standard InChI is InChI=1S/C15H23FN2O/c1-2-17-10-12-3-5-18(6-4-12)11-13-7-14(16)9-15(19)8-13/h7-9,12,17,19H,2-6,10-11H2,1H3. The summed E-state index contributed by atoms with van der Waals surface area (Å²) in [5.41, 5.74) is 0.850. The van der Waals surface area contributed by atoms with Gasteiger partial charge in [0.15, 0.2) is 0 Å². The lowest BCUT2D eigenvalue weighted by atomic mass is 9.96. The Bertz CT molecular complexity index is 383. The van der Waals surface area contributed by atoms with E-state index in [1.807, 2.05) is 0 Å². The van der Waals surface area contributed by atoms with Gasteiger partial charge in [-0.25, -0.2) is 4.39 Å². The molecule has 2 rings (SSSR count). The highest BCUT2D eigenvalue weighted by atomic mass is 19.1. The highest BCUT2D eigenvalue weighted by Crippen LogP contribution is 2.20. The summed E-state index contributed by atoms with van der Waals surface area (Å²) in [6.07, 6.45) is 2.38. The van der Waals surface area contributed by atoms with E-state index in [-0.39, 0.29) is 11.6 Å². The van der Waals surface area contributed by atoms with Crippen LogP contribution in [0, 0.1) is 11.7 Å². The number of likely N-dealkylation sites (tertiary alicyclic amines) is 1. The Morgan fingerprint density at radius 2 is 2.05 bits per heavy atom. The Kier molecular flexibility index (Phi) is 5.16. The first-order chi connectivity index (χ1) is 9.17. The molecule has 1 aliphatic heterocycles. The summed E-state index contributed by atoms with van der Waals surface area (Å²) in [6, 6.07) is 4.30. The lowest BCUT2D eigenvalue weighted by Gasteiger charge is -2.32. The molecule has 0 unspecified atom stereocenters. The van der Waals surface area contributed by atoms with Crippen molar-refractivity contribution in [3.05, 3.63) is 29.6 Å². The van der Waals surface area contributed by atoms with Crippen LogP contribution in [0.25, 0.3) is 0 Å². The number of benzene rings is 1. The number of nitrogens with one attached hydrogen (secondary N) is 1. The predicted molar refractivity (Wildman–Crippen MR) is 74.6 cm³/mol. The average Bonchev–Trinajstić information content (AvgIpc) is 2.37. The number of halogens is 1. The van der Waals surface area contributed by atoms with Crippen LogP contribution in [-0.4, -0.2) is 36.2 Å². The monoisotopic (exact) mass is 266 g/mol. The molecule has 1 saturated heterocycles. The van der Waals surface area contributed by atoms with Gasteiger partial charge in [-0.2, -0.15) is 0 Å². The molecule has 1 aliphatic rings. The maximum Gasteiger partial charge on any atom is 0.127 e. The van der Waals surface area contributed by atoms with Crippen LogP contribution in [0.4, 0.5) is 4.39 Å². The van der Waals surface area contributed by atoms with E-state index in [4.69, 9.17) is 0 Å². The fourth-order valence-corrected chi connectivity index (χ4v) is 2.68. The molecule has 1 aromatic rings. The molecular formula is C15H23FN2O. The summed E-state index contributed by atoms with van der Waals surface area (Å²) in [7, 11) is 0. The van der Waals surface area contributed by atoms with Gasteiger partial charge in [0.05, 0.1) is 0 Å². The molecule has 106 valence electrons. The number of piperidine rings is 1. The molecule has 0 bridgehead atoms. The summed E-state index contributed by atoms with van der Waals surface area (Å²) in [4.78, 5) is 2.33. The van der Waals surface area contributed by atoms with Gasteiger partial charge in [0.1, 0.15) is 11.6 Å². The Morgan fingerprint density at radius 3 is 2.68 bits per heavy atom. The molecular weight excluding hydrogens is 243 g/mol. The summed E-state index contributed by atoms with van der Waals surface area (Å²) in [5, 5.41) is 12.8. The van der Waals surface area contributed by atoms with Crippen LogP contribution >= 0.6 is 0 Å². The number of phenolic OH excluding ortho intramolecular Hbond substituents is 1. The number of hydrogen-bond donors (Lipinski definition) is 2. The highest BCUT2D eigenvalue weighted by Gasteiger charge is 2.18. The van der Waals surface area contributed by atoms with E-state index in [1.165, 1.54) is 18.9 Å². The fourth-order valence-electron chi connectivity index (χ4n) is 2.68. The van der Waals surface area contributed by atoms with E-state index < -0.39 is 0 Å². The lowest BCUT2D eigenvalue weighted by molar-refractivity contribution is 0.175. The maximum absolute atomic E-state index is 13.2. The first kappa shape index (κ1) is 14.3. The molecule has 19 heavy (non-hydrogen) atoms. The second-order valence-corrected chi connectivity index (χ2v) is 5.34. The van der Waals surface area contributed by atoms with Gasteiger partial charge in [-0.15, -0.1) is 0 Å². The molecule has 4 heteroatoms. The van der Waals surface area contributed by atoms with Gasteiger partial charge in [0.25, 0.3) is 0 Å². The summed E-state index contributed by atoms with van der Waals surface area (Å²) in [6.45, 7) is 7.08. The SMILES string of the molecule is CCNCC1CCN(Cc2cc(O)cc(F)c2)CC1. The van der Waals surface area contributed by atoms with E-state index in [2.05, 4.69) is 17.1 Å². The van der Waals surface area contributed by atoms with Gasteiger partial charge in [0, 0.05) is 12.6 Å². The first-order valence-corrected chi connectivity index (χ1v) is 7.09. The number of aromatic hydroxyl groups is 1. The van der Waals surface area contributed by atoms with E-state index in [0.29, 0.717) is 0 Å². The quantitative estimate of drug-likeness (QED) is 0.859. The summed E-state index contributed by atoms with van der Waals surface area (Å²) >= 11 is 0. The van der Waals surface area contributed by atoms with Crippen molar-refractivity contribution in [3.8, 4) is 5.75 Å². The van der Waals surface area contributed by atoms with Crippen molar-refractivity contribution in [2.75, 3.05) is 26.2 Å². The fraction of sp³-hybridized carbons (Fsp3) is 0.600. The van der Waals surface area contributed by atoms with Crippen molar-refractivity contribution >= 4 is 0 Å². The van der Waals surface area contributed by atoms with E-state index in [1.54, 1.807) is 6.07 Å². The molecule has 1 heterocycles. The van der Waals surface area contributed by atoms with Crippen LogP contribution in [0.15, 0.2) is 18.2 Å². The second kappa shape index (κ2) is 6.87. The number of phenols is 1. The third-order valence-electron chi connectivity index (χ3n) is 3.74. The van der Waals surface area contributed by atoms with Crippen LogP contribution in [0.5, 0.6) is 5.75 Å². The molecule has 2 N–H and O–H groups in total. The highest BCUT2D eigenvalue weighted by molar-refractivity contribution is 5.28. The molecule has 0 saturated carbocycles. The van der Waals surface area contributed by atoms with Crippen LogP contribution in [0.3, 0.4) is 0 Å². The van der Waals surface area contributed by atoms with Crippen molar-refractivity contribution in [3.63, 3.8) is 0 Å². The van der Waals surface area contributed by atoms with Gasteiger partial charge >= 0.3 is 0 Å². The Hall–Kier alpha value is -1.13. The lowest BCUT2D eigenvalue weighted by Crippen LogP contribution is -2.36. The summed E-state index contributed by atoms with van der Waals surface area (Å²) < 4.78 is 13.2. The van der Waals surface area contributed by atoms with Crippen molar-refractivity contribution in [1.82, 2.24) is 10.2 Å². The topological polar surface area (TPSA) is 35.5 Å². The number of nitrogens with zero attached hydrogens (tertiary/aromatic N) is 1. The molecule has 3 nitrogen and oxygen atoms in total. The minimum Gasteiger partial charge on any atom is -0.508 e. The Morgan fingerprint density at radius 1 is 1.32 bits per heavy atom. The van der Waals surface area contributed by atoms with E-state index in [0.717, 1.165) is 50.3 Å². The molecule has 1 aromatic carbocycles. The average molecular weight is 266 g/mol. The zero-order valence-corrected chi connectivity index (χ0v) is 11.5. The predicted octanol–water partition coefficient (Wildman–Crippen LogP) is 2.35. The Labute approximate surface area is 114 Å². The summed E-state index contributed by atoms with van der Waals surface area (Å²) in [5.74, 6) is 0.408. The zero-order valence-electron chi connectivity index (χ0n) is 11.5. The molecule has 0 aliphatic carbocycles. The normalized spacial score (nSPS) is 17.8. The maximum atomic E-state index is 13.2.